The van der Waals surface area contributed by atoms with Gasteiger partial charge in [-0.05, 0) is 18.6 Å². The van der Waals surface area contributed by atoms with Crippen molar-refractivity contribution in [2.24, 2.45) is 0 Å². The maximum atomic E-state index is 5.64. The number of aryl methyl sites for hydroxylation is 1. The molecule has 2 aromatic heterocycles. The lowest BCUT2D eigenvalue weighted by Crippen LogP contribution is -2.08. The molecule has 96 valence electrons. The minimum absolute atomic E-state index is 0.412. The number of alkyl halides is 1. The first-order valence-corrected chi connectivity index (χ1v) is 6.96. The van der Waals surface area contributed by atoms with Crippen molar-refractivity contribution < 1.29 is 4.74 Å². The van der Waals surface area contributed by atoms with E-state index < -0.39 is 0 Å². The summed E-state index contributed by atoms with van der Waals surface area (Å²) in [4.78, 5) is 8.42. The number of hydrogen-bond acceptors (Lipinski definition) is 4. The fourth-order valence-corrected chi connectivity index (χ4v) is 1.85. The zero-order valence-electron chi connectivity index (χ0n) is 10.2. The lowest BCUT2D eigenvalue weighted by Gasteiger charge is -2.07. The Labute approximate surface area is 114 Å². The first-order chi connectivity index (χ1) is 8.83. The number of aromatic nitrogens is 4. The molecular formula is C12H15BrN4O. The van der Waals surface area contributed by atoms with E-state index in [0.717, 1.165) is 35.6 Å². The number of pyridine rings is 1. The second kappa shape index (κ2) is 6.49. The quantitative estimate of drug-likeness (QED) is 0.769. The van der Waals surface area contributed by atoms with E-state index in [-0.39, 0.29) is 0 Å². The van der Waals surface area contributed by atoms with Crippen molar-refractivity contribution in [1.82, 2.24) is 19.7 Å². The Bertz CT molecular complexity index is 483. The van der Waals surface area contributed by atoms with Crippen molar-refractivity contribution in [3.63, 3.8) is 0 Å². The summed E-state index contributed by atoms with van der Waals surface area (Å²) in [6, 6.07) is 3.84. The maximum Gasteiger partial charge on any atom is 0.164 e. The van der Waals surface area contributed by atoms with Crippen molar-refractivity contribution in [2.75, 3.05) is 0 Å². The highest BCUT2D eigenvalue weighted by molar-refractivity contribution is 9.08. The molecular weight excluding hydrogens is 296 g/mol. The van der Waals surface area contributed by atoms with Crippen LogP contribution in [0.3, 0.4) is 0 Å². The Kier molecular flexibility index (Phi) is 4.69. The van der Waals surface area contributed by atoms with Crippen LogP contribution in [0.2, 0.25) is 0 Å². The molecule has 0 aromatic carbocycles. The number of nitrogens with zero attached hydrogens (tertiary/aromatic N) is 4. The van der Waals surface area contributed by atoms with E-state index in [4.69, 9.17) is 4.74 Å². The monoisotopic (exact) mass is 310 g/mol. The molecule has 0 atom stereocenters. The van der Waals surface area contributed by atoms with Crippen LogP contribution in [-0.4, -0.2) is 19.7 Å². The number of halogens is 1. The van der Waals surface area contributed by atoms with E-state index in [1.54, 1.807) is 12.5 Å². The van der Waals surface area contributed by atoms with Crippen LogP contribution in [0.1, 0.15) is 24.9 Å². The van der Waals surface area contributed by atoms with Gasteiger partial charge in [-0.1, -0.05) is 22.9 Å². The predicted molar refractivity (Wildman–Crippen MR) is 71.5 cm³/mol. The van der Waals surface area contributed by atoms with Gasteiger partial charge in [-0.25, -0.2) is 9.67 Å². The van der Waals surface area contributed by atoms with Crippen LogP contribution in [0.5, 0.6) is 5.75 Å². The average Bonchev–Trinajstić information content (AvgIpc) is 2.85. The first-order valence-electron chi connectivity index (χ1n) is 5.84. The molecule has 0 unspecified atom stereocenters. The molecule has 0 saturated carbocycles. The van der Waals surface area contributed by atoms with Gasteiger partial charge >= 0.3 is 0 Å². The standard InChI is InChI=1S/C12H15BrN4O/c1-2-5-17-12(15-9-16-17)8-18-11-4-3-10(6-13)14-7-11/h3-4,7,9H,2,5-6,8H2,1H3. The minimum atomic E-state index is 0.412. The smallest absolute Gasteiger partial charge is 0.164 e. The van der Waals surface area contributed by atoms with E-state index in [2.05, 4.69) is 37.9 Å². The van der Waals surface area contributed by atoms with Crippen LogP contribution < -0.4 is 4.74 Å². The van der Waals surface area contributed by atoms with E-state index in [0.29, 0.717) is 6.61 Å². The highest BCUT2D eigenvalue weighted by Gasteiger charge is 2.04. The Morgan fingerprint density at radius 1 is 1.33 bits per heavy atom. The summed E-state index contributed by atoms with van der Waals surface area (Å²) in [5.74, 6) is 1.58. The molecule has 0 bridgehead atoms. The Hall–Kier alpha value is -1.43. The first kappa shape index (κ1) is 13.0. The molecule has 0 radical (unpaired) electrons. The number of rotatable bonds is 6. The third kappa shape index (κ3) is 3.29. The van der Waals surface area contributed by atoms with E-state index in [1.165, 1.54) is 0 Å². The molecule has 2 aromatic rings. The zero-order valence-corrected chi connectivity index (χ0v) is 11.8. The van der Waals surface area contributed by atoms with Crippen LogP contribution in [0.15, 0.2) is 24.7 Å². The van der Waals surface area contributed by atoms with Crippen molar-refractivity contribution in [3.8, 4) is 5.75 Å². The third-order valence-corrected chi connectivity index (χ3v) is 3.01. The molecule has 0 fully saturated rings. The van der Waals surface area contributed by atoms with Crippen LogP contribution in [0, 0.1) is 0 Å². The highest BCUT2D eigenvalue weighted by atomic mass is 79.9. The van der Waals surface area contributed by atoms with Gasteiger partial charge in [-0.15, -0.1) is 0 Å². The fourth-order valence-electron chi connectivity index (χ4n) is 1.52. The summed E-state index contributed by atoms with van der Waals surface area (Å²) >= 11 is 3.35. The maximum absolute atomic E-state index is 5.64. The summed E-state index contributed by atoms with van der Waals surface area (Å²) in [5.41, 5.74) is 0.983. The van der Waals surface area contributed by atoms with E-state index in [9.17, 15) is 0 Å². The molecule has 0 aliphatic rings. The van der Waals surface area contributed by atoms with Gasteiger partial charge in [-0.2, -0.15) is 5.10 Å². The van der Waals surface area contributed by atoms with Crippen molar-refractivity contribution in [1.29, 1.82) is 0 Å². The second-order valence-corrected chi connectivity index (χ2v) is 4.37. The topological polar surface area (TPSA) is 52.8 Å². The second-order valence-electron chi connectivity index (χ2n) is 3.81. The Morgan fingerprint density at radius 3 is 2.89 bits per heavy atom. The van der Waals surface area contributed by atoms with Gasteiger partial charge in [0.05, 0.1) is 11.9 Å². The van der Waals surface area contributed by atoms with Crippen LogP contribution >= 0.6 is 15.9 Å². The molecule has 2 heterocycles. The summed E-state index contributed by atoms with van der Waals surface area (Å²) in [6.45, 7) is 3.38. The van der Waals surface area contributed by atoms with Crippen LogP contribution in [0.25, 0.3) is 0 Å². The molecule has 0 spiro atoms. The number of ether oxygens (including phenoxy) is 1. The van der Waals surface area contributed by atoms with Crippen molar-refractivity contribution in [2.45, 2.75) is 31.8 Å². The summed E-state index contributed by atoms with van der Waals surface area (Å²) < 4.78 is 7.50. The third-order valence-electron chi connectivity index (χ3n) is 2.43. The van der Waals surface area contributed by atoms with E-state index in [1.807, 2.05) is 16.8 Å². The zero-order chi connectivity index (χ0) is 12.8. The summed E-state index contributed by atoms with van der Waals surface area (Å²) in [5, 5.41) is 4.90. The van der Waals surface area contributed by atoms with Crippen LogP contribution in [-0.2, 0) is 18.5 Å². The molecule has 6 heteroatoms. The van der Waals surface area contributed by atoms with Gasteiger partial charge in [0.25, 0.3) is 0 Å². The summed E-state index contributed by atoms with van der Waals surface area (Å²) in [7, 11) is 0. The highest BCUT2D eigenvalue weighted by Crippen LogP contribution is 2.12. The average molecular weight is 311 g/mol. The van der Waals surface area contributed by atoms with Gasteiger partial charge in [-0.3, -0.25) is 4.98 Å². The van der Waals surface area contributed by atoms with Crippen molar-refractivity contribution in [3.05, 3.63) is 36.2 Å². The molecule has 0 N–H and O–H groups in total. The molecule has 0 saturated heterocycles. The lowest BCUT2D eigenvalue weighted by molar-refractivity contribution is 0.285. The molecule has 0 aliphatic carbocycles. The number of hydrogen-bond donors (Lipinski definition) is 0. The van der Waals surface area contributed by atoms with Gasteiger partial charge in [0.1, 0.15) is 18.7 Å². The van der Waals surface area contributed by atoms with Crippen molar-refractivity contribution >= 4 is 15.9 Å². The van der Waals surface area contributed by atoms with E-state index >= 15 is 0 Å². The predicted octanol–water partition coefficient (Wildman–Crippen LogP) is 2.56. The molecule has 0 aliphatic heterocycles. The molecule has 2 rings (SSSR count). The molecule has 18 heavy (non-hydrogen) atoms. The van der Waals surface area contributed by atoms with Gasteiger partial charge in [0.15, 0.2) is 5.82 Å². The molecule has 5 nitrogen and oxygen atoms in total. The largest absolute Gasteiger partial charge is 0.484 e. The fraction of sp³-hybridized carbons (Fsp3) is 0.417. The normalized spacial score (nSPS) is 10.6. The Morgan fingerprint density at radius 2 is 2.22 bits per heavy atom. The van der Waals surface area contributed by atoms with Crippen LogP contribution in [0.4, 0.5) is 0 Å². The van der Waals surface area contributed by atoms with Gasteiger partial charge in [0, 0.05) is 11.9 Å². The lowest BCUT2D eigenvalue weighted by atomic mass is 10.4. The van der Waals surface area contributed by atoms with Gasteiger partial charge < -0.3 is 4.74 Å². The molecule has 0 amide bonds. The summed E-state index contributed by atoms with van der Waals surface area (Å²) in [6.07, 6.45) is 4.30. The van der Waals surface area contributed by atoms with Gasteiger partial charge in [0.2, 0.25) is 0 Å². The Balaban J connectivity index is 1.95. The SMILES string of the molecule is CCCn1ncnc1COc1ccc(CBr)nc1. The minimum Gasteiger partial charge on any atom is -0.484 e.